The van der Waals surface area contributed by atoms with Gasteiger partial charge in [-0.2, -0.15) is 0 Å². The van der Waals surface area contributed by atoms with Gasteiger partial charge in [0.15, 0.2) is 6.10 Å². The Bertz CT molecular complexity index is 2260. The summed E-state index contributed by atoms with van der Waals surface area (Å²) < 4.78 is 61.0. The first-order valence-electron chi connectivity index (χ1n) is 36.5. The maximum absolute atomic E-state index is 13.0. The van der Waals surface area contributed by atoms with Crippen molar-refractivity contribution in [2.24, 2.45) is 0 Å². The second-order valence-electron chi connectivity index (χ2n) is 24.0. The van der Waals surface area contributed by atoms with Gasteiger partial charge < -0.3 is 34.2 Å². The summed E-state index contributed by atoms with van der Waals surface area (Å²) in [5.41, 5.74) is 0. The predicted octanol–water partition coefficient (Wildman–Crippen LogP) is 20.8. The minimum absolute atomic E-state index is 0.0994. The van der Waals surface area contributed by atoms with Crippen molar-refractivity contribution < 1.29 is 75.8 Å². The van der Waals surface area contributed by atoms with Gasteiger partial charge in [-0.3, -0.25) is 32.5 Å². The number of aliphatic hydroxyl groups is 2. The summed E-state index contributed by atoms with van der Waals surface area (Å²) in [6.45, 7) is 2.40. The highest BCUT2D eigenvalue weighted by Crippen LogP contribution is 2.45. The van der Waals surface area contributed by atoms with Gasteiger partial charge in [0.1, 0.15) is 25.4 Å². The number of esters is 3. The molecular weight excluding hydrogens is 1240 g/mol. The molecule has 0 radical (unpaired) electrons. The maximum atomic E-state index is 13.0. The van der Waals surface area contributed by atoms with Gasteiger partial charge in [-0.05, 0) is 116 Å². The summed E-state index contributed by atoms with van der Waals surface area (Å²) in [5, 5.41) is 20.6. The fourth-order valence-electron chi connectivity index (χ4n) is 9.36. The molecule has 0 bridgehead atoms. The summed E-state index contributed by atoms with van der Waals surface area (Å²) in [4.78, 5) is 58.5. The normalized spacial score (nSPS) is 14.9. The number of hydrogen-bond acceptors (Lipinski definition) is 14. The number of allylic oxidation sites excluding steroid dienone is 22. The summed E-state index contributed by atoms with van der Waals surface area (Å²) in [6, 6.07) is 0. The Morgan fingerprint density at radius 1 is 0.305 bits per heavy atom. The number of carbonyl (C=O) groups is 3. The van der Waals surface area contributed by atoms with E-state index in [0.717, 1.165) is 154 Å². The van der Waals surface area contributed by atoms with Crippen LogP contribution in [-0.4, -0.2) is 95.9 Å². The molecule has 0 aliphatic rings. The number of phosphoric ester groups is 2. The molecule has 0 saturated carbocycles. The van der Waals surface area contributed by atoms with Crippen molar-refractivity contribution in [2.75, 3.05) is 39.6 Å². The van der Waals surface area contributed by atoms with Gasteiger partial charge in [-0.15, -0.1) is 0 Å². The highest BCUT2D eigenvalue weighted by atomic mass is 31.2. The Kier molecular flexibility index (Phi) is 66.4. The Morgan fingerprint density at radius 3 is 0.884 bits per heavy atom. The second-order valence-corrected chi connectivity index (χ2v) is 26.9. The lowest BCUT2D eigenvalue weighted by Crippen LogP contribution is -2.30. The van der Waals surface area contributed by atoms with Crippen molar-refractivity contribution in [3.05, 3.63) is 134 Å². The molecule has 0 heterocycles. The summed E-state index contributed by atoms with van der Waals surface area (Å²) >= 11 is 0. The van der Waals surface area contributed by atoms with E-state index in [1.54, 1.807) is 0 Å². The molecule has 5 unspecified atom stereocenters. The molecule has 18 heteroatoms. The van der Waals surface area contributed by atoms with Crippen LogP contribution in [0.1, 0.15) is 278 Å². The fourth-order valence-corrected chi connectivity index (χ4v) is 10.9. The zero-order valence-electron chi connectivity index (χ0n) is 59.0. The standard InChI is InChI=1S/C77H130O16P2/c1-4-7-10-13-16-19-22-25-28-30-32-34-35-37-39-40-43-45-48-51-54-57-60-63-75(80)87-66-72(78)67-89-94(83,84)90-68-73(79)69-91-95(85,86)92-71-74(93-77(82)65-62-59-56-53-50-47-42-27-24-21-18-15-12-9-6-3)70-88-76(81)64-61-58-55-52-49-46-44-41-38-36-33-31-29-26-23-20-17-14-11-8-5-2/h7-8,10-11,16-17,19-20,25-26,28-29,32-34,36-37,39,41,43-45,72-74,78-79H,4-6,9,12-15,18,21-24,27,30-31,35,38,40,42,46-71H2,1-3H3,(H,83,84)(H,85,86)/b10-7-,11-8-,19-16-,20-17-,28-25-,29-26-,34-32-,36-33-,39-37-,44-41-,45-43-. The summed E-state index contributed by atoms with van der Waals surface area (Å²) in [5.74, 6) is -1.62. The third kappa shape index (κ3) is 70.8. The van der Waals surface area contributed by atoms with Crippen LogP contribution in [-0.2, 0) is 55.8 Å². The van der Waals surface area contributed by atoms with Gasteiger partial charge in [-0.1, -0.05) is 276 Å². The topological polar surface area (TPSA) is 231 Å². The number of carbonyl (C=O) groups excluding carboxylic acids is 3. The van der Waals surface area contributed by atoms with Crippen LogP contribution in [0, 0.1) is 0 Å². The summed E-state index contributed by atoms with van der Waals surface area (Å²) in [7, 11) is -9.80. The van der Waals surface area contributed by atoms with E-state index in [2.05, 4.69) is 154 Å². The number of hydrogen-bond donors (Lipinski definition) is 4. The molecule has 0 rings (SSSR count). The van der Waals surface area contributed by atoms with Crippen molar-refractivity contribution in [1.29, 1.82) is 0 Å². The van der Waals surface area contributed by atoms with E-state index in [1.165, 1.54) is 64.2 Å². The van der Waals surface area contributed by atoms with Crippen molar-refractivity contribution in [2.45, 2.75) is 296 Å². The lowest BCUT2D eigenvalue weighted by molar-refractivity contribution is -0.161. The molecule has 0 fully saturated rings. The molecule has 0 aromatic carbocycles. The van der Waals surface area contributed by atoms with Gasteiger partial charge >= 0.3 is 33.6 Å². The molecule has 0 amide bonds. The van der Waals surface area contributed by atoms with Crippen molar-refractivity contribution in [1.82, 2.24) is 0 Å². The molecule has 0 spiro atoms. The van der Waals surface area contributed by atoms with Crippen LogP contribution in [0.5, 0.6) is 0 Å². The van der Waals surface area contributed by atoms with E-state index < -0.39 is 91.5 Å². The Hall–Kier alpha value is -4.31. The third-order valence-electron chi connectivity index (χ3n) is 14.9. The molecule has 0 aromatic rings. The Labute approximate surface area is 575 Å². The lowest BCUT2D eigenvalue weighted by atomic mass is 10.0. The van der Waals surface area contributed by atoms with Crippen LogP contribution in [0.25, 0.3) is 0 Å². The summed E-state index contributed by atoms with van der Waals surface area (Å²) in [6.07, 6.45) is 82.0. The van der Waals surface area contributed by atoms with E-state index in [0.29, 0.717) is 19.3 Å². The van der Waals surface area contributed by atoms with Crippen LogP contribution < -0.4 is 0 Å². The number of aliphatic hydroxyl groups excluding tert-OH is 2. The highest BCUT2D eigenvalue weighted by molar-refractivity contribution is 7.47. The molecule has 0 saturated heterocycles. The maximum Gasteiger partial charge on any atom is 0.472 e. The predicted molar refractivity (Wildman–Crippen MR) is 390 cm³/mol. The van der Waals surface area contributed by atoms with Crippen molar-refractivity contribution in [3.63, 3.8) is 0 Å². The second kappa shape index (κ2) is 69.6. The highest BCUT2D eigenvalue weighted by Gasteiger charge is 2.29. The number of unbranched alkanes of at least 4 members (excludes halogenated alkanes) is 23. The minimum atomic E-state index is -4.94. The van der Waals surface area contributed by atoms with E-state index in [9.17, 15) is 43.5 Å². The third-order valence-corrected chi connectivity index (χ3v) is 16.8. The first-order valence-corrected chi connectivity index (χ1v) is 39.5. The first-order chi connectivity index (χ1) is 46.2. The van der Waals surface area contributed by atoms with Crippen molar-refractivity contribution in [3.8, 4) is 0 Å². The van der Waals surface area contributed by atoms with Crippen LogP contribution in [0.3, 0.4) is 0 Å². The minimum Gasteiger partial charge on any atom is -0.463 e. The van der Waals surface area contributed by atoms with E-state index >= 15 is 0 Å². The molecule has 0 aliphatic heterocycles. The molecule has 95 heavy (non-hydrogen) atoms. The first kappa shape index (κ1) is 90.7. The Balaban J connectivity index is 4.69. The van der Waals surface area contributed by atoms with Crippen LogP contribution >= 0.6 is 15.6 Å². The van der Waals surface area contributed by atoms with Crippen LogP contribution in [0.2, 0.25) is 0 Å². The largest absolute Gasteiger partial charge is 0.472 e. The zero-order valence-corrected chi connectivity index (χ0v) is 60.8. The lowest BCUT2D eigenvalue weighted by Gasteiger charge is -2.21. The smallest absolute Gasteiger partial charge is 0.463 e. The number of phosphoric acid groups is 2. The fraction of sp³-hybridized carbons (Fsp3) is 0.675. The van der Waals surface area contributed by atoms with E-state index in [-0.39, 0.29) is 19.3 Å². The van der Waals surface area contributed by atoms with E-state index in [4.69, 9.17) is 32.3 Å². The zero-order chi connectivity index (χ0) is 69.5. The monoisotopic (exact) mass is 1370 g/mol. The van der Waals surface area contributed by atoms with Crippen molar-refractivity contribution >= 4 is 33.6 Å². The molecule has 4 N–H and O–H groups in total. The van der Waals surface area contributed by atoms with Crippen LogP contribution in [0.4, 0.5) is 0 Å². The van der Waals surface area contributed by atoms with Gasteiger partial charge in [0, 0.05) is 19.3 Å². The number of rotatable bonds is 68. The quantitative estimate of drug-likeness (QED) is 0.0146. The van der Waals surface area contributed by atoms with Gasteiger partial charge in [0.05, 0.1) is 26.4 Å². The van der Waals surface area contributed by atoms with Gasteiger partial charge in [0.25, 0.3) is 0 Å². The average molecular weight is 1370 g/mol. The SMILES string of the molecule is CC/C=C\C/C=C\C/C=C\C/C=C\C/C=C\C/C=C\CCCCCCC(=O)OCC(O)COP(=O)(O)OCC(O)COP(=O)(O)OCC(COC(=O)CCCCCCC/C=C\C/C=C\C/C=C\C/C=C\C/C=C\CC)OC(=O)CCCCCCCCCCCCCCCCC. The van der Waals surface area contributed by atoms with Crippen LogP contribution in [0.15, 0.2) is 134 Å². The molecule has 544 valence electrons. The molecular formula is C77H130O16P2. The Morgan fingerprint density at radius 2 is 0.558 bits per heavy atom. The molecule has 0 aliphatic carbocycles. The number of ether oxygens (including phenoxy) is 3. The molecule has 0 aromatic heterocycles. The van der Waals surface area contributed by atoms with Gasteiger partial charge in [-0.25, -0.2) is 9.13 Å². The van der Waals surface area contributed by atoms with E-state index in [1.807, 2.05) is 0 Å². The average Bonchev–Trinajstić information content (AvgIpc) is 1.93. The molecule has 5 atom stereocenters. The molecule has 16 nitrogen and oxygen atoms in total. The van der Waals surface area contributed by atoms with Gasteiger partial charge in [0.2, 0.25) is 0 Å².